The van der Waals surface area contributed by atoms with E-state index >= 15 is 0 Å². The average Bonchev–Trinajstić information content (AvgIpc) is 3.44. The van der Waals surface area contributed by atoms with Crippen LogP contribution in [0.1, 0.15) is 28.9 Å². The average molecular weight is 460 g/mol. The molecule has 1 atom stereocenters. The van der Waals surface area contributed by atoms with Crippen molar-refractivity contribution in [3.8, 4) is 0 Å². The van der Waals surface area contributed by atoms with Crippen LogP contribution in [0.3, 0.4) is 0 Å². The van der Waals surface area contributed by atoms with Crippen molar-refractivity contribution in [1.82, 2.24) is 15.0 Å². The zero-order chi connectivity index (χ0) is 22.9. The molecule has 0 radical (unpaired) electrons. The Morgan fingerprint density at radius 2 is 1.97 bits per heavy atom. The summed E-state index contributed by atoms with van der Waals surface area (Å²) in [6, 6.07) is 5.93. The lowest BCUT2D eigenvalue weighted by Crippen LogP contribution is -2.36. The van der Waals surface area contributed by atoms with Crippen molar-refractivity contribution in [2.45, 2.75) is 19.0 Å². The molecule has 174 valence electrons. The van der Waals surface area contributed by atoms with Gasteiger partial charge in [0.05, 0.1) is 24.9 Å². The number of oxazole rings is 1. The number of fused-ring (bicyclic) bond motifs is 1. The minimum absolute atomic E-state index is 0.00289. The van der Waals surface area contributed by atoms with Crippen LogP contribution in [0.4, 0.5) is 26.4 Å². The lowest BCUT2D eigenvalue weighted by Gasteiger charge is -2.24. The van der Waals surface area contributed by atoms with Crippen molar-refractivity contribution in [2.75, 3.05) is 54.5 Å². The monoisotopic (exact) mass is 460 g/mol. The van der Waals surface area contributed by atoms with Gasteiger partial charge in [0.15, 0.2) is 5.58 Å². The third-order valence-corrected chi connectivity index (χ3v) is 5.58. The second-order valence-corrected chi connectivity index (χ2v) is 7.87. The molecule has 2 fully saturated rings. The number of nitrogens with zero attached hydrogens (tertiary/aromatic N) is 5. The van der Waals surface area contributed by atoms with Gasteiger partial charge in [0, 0.05) is 32.2 Å². The summed E-state index contributed by atoms with van der Waals surface area (Å²) in [6.07, 6.45) is -2.75. The molecule has 0 saturated carbocycles. The maximum atomic E-state index is 13.1. The number of ether oxygens (including phenoxy) is 1. The van der Waals surface area contributed by atoms with Crippen molar-refractivity contribution >= 4 is 34.8 Å². The molecule has 0 spiro atoms. The molecule has 12 heteroatoms. The van der Waals surface area contributed by atoms with E-state index in [1.165, 1.54) is 24.3 Å². The first kappa shape index (κ1) is 21.5. The maximum Gasteiger partial charge on any atom is 0.300 e. The topological polar surface area (TPSA) is 117 Å². The number of morpholine rings is 1. The molecule has 5 heterocycles. The van der Waals surface area contributed by atoms with Gasteiger partial charge < -0.3 is 29.4 Å². The highest BCUT2D eigenvalue weighted by Gasteiger charge is 2.28. The van der Waals surface area contributed by atoms with Crippen LogP contribution in [0, 0.1) is 0 Å². The van der Waals surface area contributed by atoms with Crippen LogP contribution < -0.4 is 15.1 Å². The molecular formula is C21H22F2N6O4. The highest BCUT2D eigenvalue weighted by molar-refractivity contribution is 6.08. The fraction of sp³-hybridized carbons (Fsp3) is 0.429. The van der Waals surface area contributed by atoms with Gasteiger partial charge in [-0.05, 0) is 18.6 Å². The van der Waals surface area contributed by atoms with Crippen LogP contribution >= 0.6 is 0 Å². The number of carbonyl (C=O) groups is 1. The number of carbonyl (C=O) groups excluding carboxylic acids is 1. The predicted octanol–water partition coefficient (Wildman–Crippen LogP) is 2.22. The molecule has 33 heavy (non-hydrogen) atoms. The van der Waals surface area contributed by atoms with Gasteiger partial charge in [-0.3, -0.25) is 4.79 Å². The minimum Gasteiger partial charge on any atom is -0.422 e. The first-order valence-electron chi connectivity index (χ1n) is 10.6. The number of β-amino-alcohol motifs (C(OH)–C–C–N with tert-alkyl or cyclic N) is 1. The lowest BCUT2D eigenvalue weighted by atomic mass is 10.2. The van der Waals surface area contributed by atoms with E-state index in [1.807, 2.05) is 4.90 Å². The Morgan fingerprint density at radius 3 is 2.70 bits per heavy atom. The van der Waals surface area contributed by atoms with Gasteiger partial charge in [0.25, 0.3) is 18.3 Å². The molecule has 3 aromatic rings. The Balaban J connectivity index is 1.50. The molecule has 2 saturated heterocycles. The second-order valence-electron chi connectivity index (χ2n) is 7.87. The number of alkyl halides is 2. The smallest absolute Gasteiger partial charge is 0.300 e. The number of nitrogens with one attached hydrogen (secondary N) is 1. The fourth-order valence-corrected chi connectivity index (χ4v) is 3.90. The van der Waals surface area contributed by atoms with Gasteiger partial charge in [-0.1, -0.05) is 6.07 Å². The number of pyridine rings is 2. The molecule has 1 unspecified atom stereocenters. The third-order valence-electron chi connectivity index (χ3n) is 5.58. The summed E-state index contributed by atoms with van der Waals surface area (Å²) in [7, 11) is 0. The molecule has 0 aliphatic carbocycles. The summed E-state index contributed by atoms with van der Waals surface area (Å²) in [5, 5.41) is 12.6. The number of rotatable bonds is 5. The van der Waals surface area contributed by atoms with Gasteiger partial charge in [0.1, 0.15) is 17.3 Å². The molecule has 1 amide bonds. The Morgan fingerprint density at radius 1 is 1.15 bits per heavy atom. The van der Waals surface area contributed by atoms with E-state index in [9.17, 15) is 18.7 Å². The quantitative estimate of drug-likeness (QED) is 0.591. The number of aliphatic hydroxyl groups is 1. The van der Waals surface area contributed by atoms with Crippen molar-refractivity contribution in [3.63, 3.8) is 0 Å². The Bertz CT molecular complexity index is 1170. The van der Waals surface area contributed by atoms with Crippen LogP contribution in [-0.2, 0) is 4.74 Å². The molecule has 2 aliphatic rings. The second kappa shape index (κ2) is 8.87. The number of anilines is 3. The van der Waals surface area contributed by atoms with Gasteiger partial charge >= 0.3 is 0 Å². The highest BCUT2D eigenvalue weighted by atomic mass is 19.3. The van der Waals surface area contributed by atoms with Crippen LogP contribution in [0.2, 0.25) is 0 Å². The van der Waals surface area contributed by atoms with Gasteiger partial charge in [-0.15, -0.1) is 0 Å². The van der Waals surface area contributed by atoms with Crippen molar-refractivity contribution in [2.24, 2.45) is 0 Å². The standard InChI is InChI=1S/C21H22F2N6O4/c22-17(23)14-2-1-3-16(24-14)25-20(31)13-10-15-18(26-19(13)29-5-4-12(30)11-29)27-21(33-15)28-6-8-32-9-7-28/h1-3,10,12,17,30H,4-9,11H2,(H,24,25,31). The van der Waals surface area contributed by atoms with Gasteiger partial charge in [0.2, 0.25) is 5.65 Å². The van der Waals surface area contributed by atoms with E-state index in [-0.39, 0.29) is 11.4 Å². The fourth-order valence-electron chi connectivity index (χ4n) is 3.90. The molecule has 2 N–H and O–H groups in total. The number of aromatic nitrogens is 3. The SMILES string of the molecule is O=C(Nc1cccc(C(F)F)n1)c1cc2oc(N3CCOCC3)nc2nc1N1CCC(O)C1. The maximum absolute atomic E-state index is 13.1. The number of aliphatic hydroxyl groups excluding tert-OH is 1. The number of halogens is 2. The Kier molecular flexibility index (Phi) is 5.77. The van der Waals surface area contributed by atoms with Gasteiger partial charge in [-0.2, -0.15) is 4.98 Å². The molecule has 0 bridgehead atoms. The summed E-state index contributed by atoms with van der Waals surface area (Å²) in [4.78, 5) is 29.7. The third kappa shape index (κ3) is 4.44. The van der Waals surface area contributed by atoms with Gasteiger partial charge in [-0.25, -0.2) is 18.7 Å². The van der Waals surface area contributed by atoms with Crippen molar-refractivity contribution in [3.05, 3.63) is 35.5 Å². The number of amides is 1. The van der Waals surface area contributed by atoms with E-state index in [1.54, 1.807) is 4.90 Å². The summed E-state index contributed by atoms with van der Waals surface area (Å²) in [5.74, 6) is -0.246. The van der Waals surface area contributed by atoms with E-state index < -0.39 is 24.1 Å². The summed E-state index contributed by atoms with van der Waals surface area (Å²) < 4.78 is 37.2. The summed E-state index contributed by atoms with van der Waals surface area (Å²) in [6.45, 7) is 3.18. The minimum atomic E-state index is -2.76. The van der Waals surface area contributed by atoms with Crippen LogP contribution in [0.5, 0.6) is 0 Å². The van der Waals surface area contributed by atoms with Crippen LogP contribution in [0.25, 0.3) is 11.2 Å². The molecular weight excluding hydrogens is 438 g/mol. The summed E-state index contributed by atoms with van der Waals surface area (Å²) in [5.41, 5.74) is 0.391. The van der Waals surface area contributed by atoms with Crippen LogP contribution in [0.15, 0.2) is 28.7 Å². The van der Waals surface area contributed by atoms with Crippen molar-refractivity contribution in [1.29, 1.82) is 0 Å². The molecule has 5 rings (SSSR count). The predicted molar refractivity (Wildman–Crippen MR) is 115 cm³/mol. The summed E-state index contributed by atoms with van der Waals surface area (Å²) >= 11 is 0. The first-order valence-corrected chi connectivity index (χ1v) is 10.6. The number of hydrogen-bond acceptors (Lipinski definition) is 9. The first-order chi connectivity index (χ1) is 16.0. The largest absolute Gasteiger partial charge is 0.422 e. The zero-order valence-electron chi connectivity index (χ0n) is 17.6. The normalized spacial score (nSPS) is 19.0. The van der Waals surface area contributed by atoms with E-state index in [0.29, 0.717) is 68.9 Å². The molecule has 2 aliphatic heterocycles. The highest BCUT2D eigenvalue weighted by Crippen LogP contribution is 2.30. The van der Waals surface area contributed by atoms with E-state index in [2.05, 4.69) is 20.3 Å². The van der Waals surface area contributed by atoms with E-state index in [0.717, 1.165) is 0 Å². The molecule has 3 aromatic heterocycles. The van der Waals surface area contributed by atoms with Crippen molar-refractivity contribution < 1.29 is 27.8 Å². The zero-order valence-corrected chi connectivity index (χ0v) is 17.6. The Hall–Kier alpha value is -3.38. The molecule has 10 nitrogen and oxygen atoms in total. The number of hydrogen-bond donors (Lipinski definition) is 2. The lowest BCUT2D eigenvalue weighted by molar-refractivity contribution is 0.102. The Labute approximate surface area is 187 Å². The van der Waals surface area contributed by atoms with Crippen LogP contribution in [-0.4, -0.2) is 71.5 Å². The van der Waals surface area contributed by atoms with E-state index in [4.69, 9.17) is 9.15 Å². The molecule has 0 aromatic carbocycles.